The minimum Gasteiger partial charge on any atom is -0.310 e. The van der Waals surface area contributed by atoms with Crippen molar-refractivity contribution >= 4 is 10.0 Å². The molecule has 0 saturated carbocycles. The highest BCUT2D eigenvalue weighted by atomic mass is 32.2. The Balaban J connectivity index is 1.93. The number of aryl methyl sites for hydroxylation is 2. The van der Waals surface area contributed by atoms with Crippen molar-refractivity contribution in [3.63, 3.8) is 0 Å². The summed E-state index contributed by atoms with van der Waals surface area (Å²) in [6.45, 7) is 5.04. The number of nitrogens with one attached hydrogen (secondary N) is 1. The first-order chi connectivity index (χ1) is 9.46. The maximum absolute atomic E-state index is 12.9. The van der Waals surface area contributed by atoms with Crippen LogP contribution in [0.2, 0.25) is 0 Å². The van der Waals surface area contributed by atoms with Crippen LogP contribution in [0.4, 0.5) is 0 Å². The number of benzene rings is 1. The SMILES string of the molecule is Cc1ccc(C)c(S(=O)(=O)N2CCC3CCC(C2)N3)c1. The van der Waals surface area contributed by atoms with Crippen LogP contribution in [0.1, 0.15) is 30.4 Å². The number of rotatable bonds is 2. The predicted octanol–water partition coefficient (Wildman–Crippen LogP) is 1.82. The van der Waals surface area contributed by atoms with E-state index in [-0.39, 0.29) is 0 Å². The second-order valence-electron chi connectivity index (χ2n) is 6.06. The van der Waals surface area contributed by atoms with Crippen molar-refractivity contribution in [3.05, 3.63) is 29.3 Å². The van der Waals surface area contributed by atoms with Gasteiger partial charge >= 0.3 is 0 Å². The largest absolute Gasteiger partial charge is 0.310 e. The lowest BCUT2D eigenvalue weighted by molar-refractivity contribution is 0.383. The summed E-state index contributed by atoms with van der Waals surface area (Å²) < 4.78 is 27.4. The van der Waals surface area contributed by atoms with Gasteiger partial charge in [0, 0.05) is 25.2 Å². The fourth-order valence-corrected chi connectivity index (χ4v) is 5.06. The molecule has 110 valence electrons. The van der Waals surface area contributed by atoms with E-state index in [4.69, 9.17) is 0 Å². The third kappa shape index (κ3) is 2.50. The van der Waals surface area contributed by atoms with Crippen LogP contribution in [0.15, 0.2) is 23.1 Å². The number of fused-ring (bicyclic) bond motifs is 2. The standard InChI is InChI=1S/C15H22N2O2S/c1-11-3-4-12(2)15(9-11)20(18,19)17-8-7-13-5-6-14(10-17)16-13/h3-4,9,13-14,16H,5-8,10H2,1-2H3. The fraction of sp³-hybridized carbons (Fsp3) is 0.600. The van der Waals surface area contributed by atoms with Crippen LogP contribution in [-0.4, -0.2) is 37.9 Å². The Hall–Kier alpha value is -0.910. The van der Waals surface area contributed by atoms with E-state index < -0.39 is 10.0 Å². The summed E-state index contributed by atoms with van der Waals surface area (Å²) in [5.74, 6) is 0. The van der Waals surface area contributed by atoms with Gasteiger partial charge in [-0.25, -0.2) is 8.42 Å². The monoisotopic (exact) mass is 294 g/mol. The van der Waals surface area contributed by atoms with Crippen molar-refractivity contribution in [2.75, 3.05) is 13.1 Å². The highest BCUT2D eigenvalue weighted by molar-refractivity contribution is 7.89. The number of hydrogen-bond acceptors (Lipinski definition) is 3. The Labute approximate surface area is 121 Å². The van der Waals surface area contributed by atoms with Gasteiger partial charge in [0.1, 0.15) is 0 Å². The van der Waals surface area contributed by atoms with E-state index in [0.717, 1.165) is 24.0 Å². The molecule has 2 heterocycles. The molecule has 1 aromatic rings. The van der Waals surface area contributed by atoms with Crippen LogP contribution < -0.4 is 5.32 Å². The summed E-state index contributed by atoms with van der Waals surface area (Å²) in [6, 6.07) is 6.47. The van der Waals surface area contributed by atoms with E-state index in [2.05, 4.69) is 5.32 Å². The van der Waals surface area contributed by atoms with Crippen LogP contribution in [0.25, 0.3) is 0 Å². The first kappa shape index (κ1) is 14.0. The summed E-state index contributed by atoms with van der Waals surface area (Å²) in [5, 5.41) is 3.53. The van der Waals surface area contributed by atoms with E-state index in [1.54, 1.807) is 10.4 Å². The van der Waals surface area contributed by atoms with Crippen LogP contribution in [0.5, 0.6) is 0 Å². The number of sulfonamides is 1. The maximum atomic E-state index is 12.9. The molecule has 2 saturated heterocycles. The summed E-state index contributed by atoms with van der Waals surface area (Å²) in [4.78, 5) is 0.468. The van der Waals surface area contributed by atoms with Crippen LogP contribution in [0.3, 0.4) is 0 Å². The van der Waals surface area contributed by atoms with E-state index in [1.165, 1.54) is 6.42 Å². The van der Waals surface area contributed by atoms with Crippen molar-refractivity contribution < 1.29 is 8.42 Å². The van der Waals surface area contributed by atoms with Gasteiger partial charge in [0.25, 0.3) is 0 Å². The first-order valence-corrected chi connectivity index (χ1v) is 8.74. The van der Waals surface area contributed by atoms with Crippen molar-refractivity contribution in [1.82, 2.24) is 9.62 Å². The van der Waals surface area contributed by atoms with Gasteiger partial charge < -0.3 is 5.32 Å². The molecule has 5 heteroatoms. The minimum absolute atomic E-state index is 0.322. The Morgan fingerprint density at radius 2 is 1.90 bits per heavy atom. The molecule has 1 N–H and O–H groups in total. The van der Waals surface area contributed by atoms with Crippen LogP contribution >= 0.6 is 0 Å². The molecule has 4 nitrogen and oxygen atoms in total. The lowest BCUT2D eigenvalue weighted by Gasteiger charge is -2.24. The Bertz CT molecular complexity index is 612. The molecule has 0 aromatic heterocycles. The minimum atomic E-state index is -3.37. The number of hydrogen-bond donors (Lipinski definition) is 1. The van der Waals surface area contributed by atoms with E-state index in [0.29, 0.717) is 30.1 Å². The van der Waals surface area contributed by atoms with Crippen molar-refractivity contribution in [2.45, 2.75) is 50.1 Å². The van der Waals surface area contributed by atoms with E-state index in [1.807, 2.05) is 26.0 Å². The van der Waals surface area contributed by atoms with E-state index in [9.17, 15) is 8.42 Å². The molecule has 2 fully saturated rings. The molecule has 2 unspecified atom stereocenters. The molecule has 2 atom stereocenters. The molecule has 2 aliphatic rings. The lowest BCUT2D eigenvalue weighted by atomic mass is 10.1. The van der Waals surface area contributed by atoms with Crippen molar-refractivity contribution in [1.29, 1.82) is 0 Å². The average Bonchev–Trinajstić information content (AvgIpc) is 2.71. The first-order valence-electron chi connectivity index (χ1n) is 7.30. The third-order valence-corrected chi connectivity index (χ3v) is 6.45. The molecule has 2 bridgehead atoms. The highest BCUT2D eigenvalue weighted by Gasteiger charge is 2.35. The Kier molecular flexibility index (Phi) is 3.60. The summed E-state index contributed by atoms with van der Waals surface area (Å²) in [7, 11) is -3.37. The van der Waals surface area contributed by atoms with Gasteiger partial charge in [-0.2, -0.15) is 4.31 Å². The smallest absolute Gasteiger partial charge is 0.243 e. The number of nitrogens with zero attached hydrogens (tertiary/aromatic N) is 1. The quantitative estimate of drug-likeness (QED) is 0.905. The predicted molar refractivity (Wildman–Crippen MR) is 79.2 cm³/mol. The molecule has 0 radical (unpaired) electrons. The zero-order valence-electron chi connectivity index (χ0n) is 12.1. The van der Waals surface area contributed by atoms with Gasteiger partial charge in [-0.05, 0) is 50.3 Å². The molecular weight excluding hydrogens is 272 g/mol. The maximum Gasteiger partial charge on any atom is 0.243 e. The normalized spacial score (nSPS) is 27.5. The summed E-state index contributed by atoms with van der Waals surface area (Å²) >= 11 is 0. The summed E-state index contributed by atoms with van der Waals surface area (Å²) in [5.41, 5.74) is 1.82. The van der Waals surface area contributed by atoms with Gasteiger partial charge in [-0.1, -0.05) is 12.1 Å². The molecule has 0 spiro atoms. The average molecular weight is 294 g/mol. The molecule has 0 aliphatic carbocycles. The van der Waals surface area contributed by atoms with Gasteiger partial charge in [0.05, 0.1) is 4.90 Å². The molecule has 0 amide bonds. The fourth-order valence-electron chi connectivity index (χ4n) is 3.25. The Morgan fingerprint density at radius 3 is 2.70 bits per heavy atom. The summed E-state index contributed by atoms with van der Waals surface area (Å²) in [6.07, 6.45) is 3.19. The van der Waals surface area contributed by atoms with Gasteiger partial charge in [-0.15, -0.1) is 0 Å². The molecular formula is C15H22N2O2S. The zero-order chi connectivity index (χ0) is 14.3. The van der Waals surface area contributed by atoms with Crippen molar-refractivity contribution in [3.8, 4) is 0 Å². The topological polar surface area (TPSA) is 49.4 Å². The van der Waals surface area contributed by atoms with E-state index >= 15 is 0 Å². The highest BCUT2D eigenvalue weighted by Crippen LogP contribution is 2.26. The molecule has 2 aliphatic heterocycles. The molecule has 20 heavy (non-hydrogen) atoms. The van der Waals surface area contributed by atoms with Gasteiger partial charge in [-0.3, -0.25) is 0 Å². The van der Waals surface area contributed by atoms with Crippen LogP contribution in [-0.2, 0) is 10.0 Å². The second kappa shape index (κ2) is 5.13. The van der Waals surface area contributed by atoms with Gasteiger partial charge in [0.2, 0.25) is 10.0 Å². The lowest BCUT2D eigenvalue weighted by Crippen LogP contribution is -2.39. The van der Waals surface area contributed by atoms with Gasteiger partial charge in [0.15, 0.2) is 0 Å². The third-order valence-electron chi connectivity index (χ3n) is 4.45. The zero-order valence-corrected chi connectivity index (χ0v) is 12.9. The van der Waals surface area contributed by atoms with Crippen molar-refractivity contribution in [2.24, 2.45) is 0 Å². The second-order valence-corrected chi connectivity index (χ2v) is 7.96. The molecule has 1 aromatic carbocycles. The molecule has 3 rings (SSSR count). The Morgan fingerprint density at radius 1 is 1.15 bits per heavy atom. The van der Waals surface area contributed by atoms with Crippen LogP contribution in [0, 0.1) is 13.8 Å².